The lowest BCUT2D eigenvalue weighted by Gasteiger charge is -2.18. The van der Waals surface area contributed by atoms with Crippen LogP contribution in [0, 0.1) is 11.6 Å². The molecule has 0 aliphatic rings. The molecule has 0 amide bonds. The molecule has 0 bridgehead atoms. The fourth-order valence-corrected chi connectivity index (χ4v) is 2.69. The topological polar surface area (TPSA) is 38.0 Å². The third-order valence-electron chi connectivity index (χ3n) is 2.96. The van der Waals surface area contributed by atoms with Crippen molar-refractivity contribution >= 4 is 27.5 Å². The van der Waals surface area contributed by atoms with E-state index >= 15 is 0 Å². The van der Waals surface area contributed by atoms with Crippen molar-refractivity contribution in [2.45, 2.75) is 12.5 Å². The van der Waals surface area contributed by atoms with Gasteiger partial charge in [0.2, 0.25) is 0 Å². The van der Waals surface area contributed by atoms with Crippen molar-refractivity contribution in [3.05, 3.63) is 68.7 Å². The number of halogens is 4. The normalized spacial score (nSPS) is 12.4. The number of hydrazine groups is 1. The van der Waals surface area contributed by atoms with Crippen LogP contribution in [0.5, 0.6) is 0 Å². The van der Waals surface area contributed by atoms with Crippen LogP contribution in [0.25, 0.3) is 0 Å². The van der Waals surface area contributed by atoms with Crippen LogP contribution in [0.1, 0.15) is 17.2 Å². The van der Waals surface area contributed by atoms with E-state index in [1.54, 1.807) is 12.1 Å². The highest BCUT2D eigenvalue weighted by molar-refractivity contribution is 9.10. The number of nitrogens with two attached hydrogens (primary N) is 1. The summed E-state index contributed by atoms with van der Waals surface area (Å²) in [6, 6.07) is 8.67. The molecule has 0 aliphatic carbocycles. The van der Waals surface area contributed by atoms with Gasteiger partial charge in [-0.2, -0.15) is 0 Å². The minimum Gasteiger partial charge on any atom is -0.271 e. The van der Waals surface area contributed by atoms with Gasteiger partial charge in [0.25, 0.3) is 0 Å². The number of benzene rings is 2. The van der Waals surface area contributed by atoms with Crippen LogP contribution in [-0.4, -0.2) is 0 Å². The summed E-state index contributed by atoms with van der Waals surface area (Å²) >= 11 is 8.94. The zero-order valence-corrected chi connectivity index (χ0v) is 12.7. The lowest BCUT2D eigenvalue weighted by molar-refractivity contribution is 0.544. The van der Waals surface area contributed by atoms with Crippen LogP contribution in [0.3, 0.4) is 0 Å². The molecule has 0 aromatic heterocycles. The summed E-state index contributed by atoms with van der Waals surface area (Å²) in [5.74, 6) is 4.73. The Bertz CT molecular complexity index is 622. The van der Waals surface area contributed by atoms with Crippen LogP contribution < -0.4 is 11.3 Å². The summed E-state index contributed by atoms with van der Waals surface area (Å²) in [5, 5.41) is 0.0778. The first kappa shape index (κ1) is 15.4. The zero-order chi connectivity index (χ0) is 14.7. The van der Waals surface area contributed by atoms with Gasteiger partial charge < -0.3 is 0 Å². The molecule has 2 nitrogen and oxygen atoms in total. The molecule has 2 aromatic carbocycles. The molecule has 0 spiro atoms. The van der Waals surface area contributed by atoms with Crippen molar-refractivity contribution in [2.24, 2.45) is 5.84 Å². The monoisotopic (exact) mass is 360 g/mol. The van der Waals surface area contributed by atoms with E-state index in [-0.39, 0.29) is 16.9 Å². The minimum absolute atomic E-state index is 0.0778. The molecule has 0 saturated carbocycles. The van der Waals surface area contributed by atoms with Crippen molar-refractivity contribution in [2.75, 3.05) is 0 Å². The molecule has 106 valence electrons. The van der Waals surface area contributed by atoms with Crippen molar-refractivity contribution in [3.8, 4) is 0 Å². The quantitative estimate of drug-likeness (QED) is 0.635. The van der Waals surface area contributed by atoms with Gasteiger partial charge in [-0.15, -0.1) is 0 Å². The van der Waals surface area contributed by atoms with Crippen molar-refractivity contribution in [3.63, 3.8) is 0 Å². The van der Waals surface area contributed by atoms with Crippen LogP contribution in [-0.2, 0) is 6.42 Å². The molecule has 1 atom stereocenters. The zero-order valence-electron chi connectivity index (χ0n) is 10.3. The van der Waals surface area contributed by atoms with E-state index in [2.05, 4.69) is 21.4 Å². The summed E-state index contributed by atoms with van der Waals surface area (Å²) in [6.45, 7) is 0. The summed E-state index contributed by atoms with van der Waals surface area (Å²) in [7, 11) is 0. The second-order valence-corrected chi connectivity index (χ2v) is 5.60. The predicted molar refractivity (Wildman–Crippen MR) is 79.3 cm³/mol. The molecular weight excluding hydrogens is 350 g/mol. The second kappa shape index (κ2) is 6.63. The highest BCUT2D eigenvalue weighted by atomic mass is 79.9. The van der Waals surface area contributed by atoms with E-state index in [1.165, 1.54) is 24.3 Å². The Hall–Kier alpha value is -1.01. The standard InChI is InChI=1S/C14H12BrClF2N2/c15-11-7-9(17)2-3-10(11)14(20-19)6-8-1-4-12(16)13(18)5-8/h1-5,7,14,20H,6,19H2. The molecule has 0 saturated heterocycles. The van der Waals surface area contributed by atoms with Gasteiger partial charge in [-0.25, -0.2) is 8.78 Å². The fraction of sp³-hybridized carbons (Fsp3) is 0.143. The lowest BCUT2D eigenvalue weighted by atomic mass is 9.99. The van der Waals surface area contributed by atoms with Gasteiger partial charge in [0.05, 0.1) is 11.1 Å². The average molecular weight is 362 g/mol. The van der Waals surface area contributed by atoms with E-state index in [9.17, 15) is 8.78 Å². The molecule has 3 N–H and O–H groups in total. The first-order chi connectivity index (χ1) is 9.51. The number of rotatable bonds is 4. The smallest absolute Gasteiger partial charge is 0.142 e. The summed E-state index contributed by atoms with van der Waals surface area (Å²) < 4.78 is 27.1. The number of nitrogens with one attached hydrogen (secondary N) is 1. The first-order valence-electron chi connectivity index (χ1n) is 5.86. The summed E-state index contributed by atoms with van der Waals surface area (Å²) in [5.41, 5.74) is 4.19. The highest BCUT2D eigenvalue weighted by Gasteiger charge is 2.15. The summed E-state index contributed by atoms with van der Waals surface area (Å²) in [6.07, 6.45) is 0.453. The maximum absolute atomic E-state index is 13.4. The van der Waals surface area contributed by atoms with Crippen LogP contribution in [0.2, 0.25) is 5.02 Å². The number of hydrogen-bond acceptors (Lipinski definition) is 2. The van der Waals surface area contributed by atoms with E-state index in [4.69, 9.17) is 17.4 Å². The van der Waals surface area contributed by atoms with Gasteiger partial charge in [-0.3, -0.25) is 11.3 Å². The third-order valence-corrected chi connectivity index (χ3v) is 3.96. The third kappa shape index (κ3) is 3.55. The van der Waals surface area contributed by atoms with Gasteiger partial charge in [0.1, 0.15) is 11.6 Å². The van der Waals surface area contributed by atoms with E-state index in [0.29, 0.717) is 10.9 Å². The Morgan fingerprint density at radius 1 is 1.20 bits per heavy atom. The molecule has 0 heterocycles. The van der Waals surface area contributed by atoms with Gasteiger partial charge in [-0.1, -0.05) is 39.7 Å². The van der Waals surface area contributed by atoms with Crippen molar-refractivity contribution in [1.29, 1.82) is 0 Å². The number of hydrogen-bond donors (Lipinski definition) is 2. The largest absolute Gasteiger partial charge is 0.271 e. The molecule has 0 radical (unpaired) electrons. The van der Waals surface area contributed by atoms with Crippen molar-refractivity contribution in [1.82, 2.24) is 5.43 Å². The van der Waals surface area contributed by atoms with Gasteiger partial charge >= 0.3 is 0 Å². The van der Waals surface area contributed by atoms with Gasteiger partial charge in [0.15, 0.2) is 0 Å². The lowest BCUT2D eigenvalue weighted by Crippen LogP contribution is -2.29. The Morgan fingerprint density at radius 2 is 1.95 bits per heavy atom. The first-order valence-corrected chi connectivity index (χ1v) is 7.03. The Balaban J connectivity index is 2.26. The maximum atomic E-state index is 13.4. The van der Waals surface area contributed by atoms with Gasteiger partial charge in [-0.05, 0) is 41.8 Å². The Morgan fingerprint density at radius 3 is 2.55 bits per heavy atom. The summed E-state index contributed by atoms with van der Waals surface area (Å²) in [4.78, 5) is 0. The molecule has 2 aromatic rings. The van der Waals surface area contributed by atoms with Crippen LogP contribution in [0.4, 0.5) is 8.78 Å². The average Bonchev–Trinajstić information content (AvgIpc) is 2.41. The molecule has 6 heteroatoms. The molecular formula is C14H12BrClF2N2. The molecule has 20 heavy (non-hydrogen) atoms. The second-order valence-electron chi connectivity index (χ2n) is 4.34. The Kier molecular flexibility index (Phi) is 5.10. The van der Waals surface area contributed by atoms with Crippen LogP contribution in [0.15, 0.2) is 40.9 Å². The molecule has 2 rings (SSSR count). The molecule has 1 unspecified atom stereocenters. The highest BCUT2D eigenvalue weighted by Crippen LogP contribution is 2.27. The van der Waals surface area contributed by atoms with Crippen molar-refractivity contribution < 1.29 is 8.78 Å². The SMILES string of the molecule is NNC(Cc1ccc(Cl)c(F)c1)c1ccc(F)cc1Br. The van der Waals surface area contributed by atoms with Gasteiger partial charge in [0, 0.05) is 4.47 Å². The van der Waals surface area contributed by atoms with E-state index in [0.717, 1.165) is 11.1 Å². The molecule has 0 aliphatic heterocycles. The fourth-order valence-electron chi connectivity index (χ4n) is 1.95. The van der Waals surface area contributed by atoms with E-state index < -0.39 is 5.82 Å². The minimum atomic E-state index is -0.474. The maximum Gasteiger partial charge on any atom is 0.142 e. The van der Waals surface area contributed by atoms with Crippen LogP contribution >= 0.6 is 27.5 Å². The van der Waals surface area contributed by atoms with E-state index in [1.807, 2.05) is 0 Å². The Labute approximate surface area is 129 Å². The predicted octanol–water partition coefficient (Wildman–Crippen LogP) is 4.13. The molecule has 0 fully saturated rings.